The second-order valence-corrected chi connectivity index (χ2v) is 2.75. The van der Waals surface area contributed by atoms with Crippen LogP contribution in [0.3, 0.4) is 0 Å². The van der Waals surface area contributed by atoms with Gasteiger partial charge in [0, 0.05) is 0 Å². The molecule has 62 valence electrons. The molecule has 1 aromatic carbocycles. The number of rotatable bonds is 2. The smallest absolute Gasteiger partial charge is 0.196 e. The normalized spacial score (nSPS) is 11.7. The highest BCUT2D eigenvalue weighted by atomic mass is 32.2. The summed E-state index contributed by atoms with van der Waals surface area (Å²) in [7, 11) is 0. The van der Waals surface area contributed by atoms with Crippen LogP contribution >= 0.6 is 0 Å². The van der Waals surface area contributed by atoms with Gasteiger partial charge in [0.25, 0.3) is 0 Å². The number of para-hydroxylation sites is 1. The number of nitrogens with zero attached hydrogens (tertiary/aromatic N) is 2. The van der Waals surface area contributed by atoms with E-state index >= 15 is 0 Å². The van der Waals surface area contributed by atoms with E-state index in [9.17, 15) is 8.76 Å². The Balaban J connectivity index is 2.98. The number of benzene rings is 1. The second kappa shape index (κ2) is 3.85. The molecule has 0 spiro atoms. The lowest BCUT2D eigenvalue weighted by Gasteiger charge is -2.16. The molecule has 5 heteroatoms. The monoisotopic (exact) mass is 181 g/mol. The first-order valence-corrected chi connectivity index (χ1v) is 4.13. The van der Waals surface area contributed by atoms with Crippen molar-refractivity contribution in [1.29, 1.82) is 5.26 Å². The van der Waals surface area contributed by atoms with Gasteiger partial charge in [-0.15, -0.1) is 0 Å². The molecule has 12 heavy (non-hydrogen) atoms. The van der Waals surface area contributed by atoms with Crippen molar-refractivity contribution < 1.29 is 8.76 Å². The fourth-order valence-corrected chi connectivity index (χ4v) is 1.10. The fraction of sp³-hybridized carbons (Fsp3) is 0. The zero-order valence-electron chi connectivity index (χ0n) is 6.01. The van der Waals surface area contributed by atoms with Crippen molar-refractivity contribution in [2.24, 2.45) is 0 Å². The van der Waals surface area contributed by atoms with Gasteiger partial charge >= 0.3 is 0 Å². The highest BCUT2D eigenvalue weighted by Crippen LogP contribution is 2.12. The van der Waals surface area contributed by atoms with Crippen molar-refractivity contribution in [3.8, 4) is 6.19 Å². The van der Waals surface area contributed by atoms with Gasteiger partial charge in [0.15, 0.2) is 6.19 Å². The Bertz CT molecular complexity index is 320. The Morgan fingerprint density at radius 1 is 1.42 bits per heavy atom. The van der Waals surface area contributed by atoms with Gasteiger partial charge in [-0.1, -0.05) is 18.2 Å². The molecule has 0 N–H and O–H groups in total. The molecule has 0 heterocycles. The Hall–Kier alpha value is -1.38. The minimum atomic E-state index is -2.53. The maximum absolute atomic E-state index is 10.4. The molecule has 0 aromatic heterocycles. The summed E-state index contributed by atoms with van der Waals surface area (Å²) in [4.78, 5) is 0. The zero-order valence-corrected chi connectivity index (χ0v) is 6.82. The fourth-order valence-electron chi connectivity index (χ4n) is 0.741. The molecule has 0 fully saturated rings. The van der Waals surface area contributed by atoms with Crippen LogP contribution in [0.4, 0.5) is 5.69 Å². The summed E-state index contributed by atoms with van der Waals surface area (Å²) >= 11 is -2.53. The Morgan fingerprint density at radius 3 is 2.42 bits per heavy atom. The summed E-state index contributed by atoms with van der Waals surface area (Å²) in [6.45, 7) is 0. The number of hydrogen-bond donors (Lipinski definition) is 0. The average Bonchev–Trinajstić information content (AvgIpc) is 2.07. The van der Waals surface area contributed by atoms with Gasteiger partial charge in [-0.05, 0) is 12.1 Å². The predicted octanol–water partition coefficient (Wildman–Crippen LogP) is 0.768. The van der Waals surface area contributed by atoms with E-state index in [0.717, 1.165) is 0 Å². The van der Waals surface area contributed by atoms with Crippen LogP contribution in [0.15, 0.2) is 30.3 Å². The van der Waals surface area contributed by atoms with Crippen LogP contribution in [0.1, 0.15) is 0 Å². The van der Waals surface area contributed by atoms with E-state index in [1.54, 1.807) is 30.3 Å². The van der Waals surface area contributed by atoms with Crippen LogP contribution in [0.5, 0.6) is 0 Å². The van der Waals surface area contributed by atoms with E-state index in [-0.39, 0.29) is 0 Å². The Morgan fingerprint density at radius 2 is 2.00 bits per heavy atom. The molecule has 0 radical (unpaired) electrons. The van der Waals surface area contributed by atoms with Crippen molar-refractivity contribution in [2.75, 3.05) is 4.31 Å². The standard InChI is InChI=1S/C7H6N2O2S/c8-6-9(12(10)11)7-4-2-1-3-5-7/h1-5H,(H,10,11)/p-1. The number of anilines is 1. The van der Waals surface area contributed by atoms with Gasteiger partial charge in [0.05, 0.1) is 17.0 Å². The number of hydrogen-bond acceptors (Lipinski definition) is 3. The SMILES string of the molecule is N#CN(c1ccccc1)S(=O)[O-]. The van der Waals surface area contributed by atoms with Crippen molar-refractivity contribution in [3.63, 3.8) is 0 Å². The highest BCUT2D eigenvalue weighted by Gasteiger charge is 2.02. The molecule has 1 atom stereocenters. The van der Waals surface area contributed by atoms with Gasteiger partial charge in [0.1, 0.15) is 0 Å². The summed E-state index contributed by atoms with van der Waals surface area (Å²) in [5, 5.41) is 8.43. The molecule has 0 saturated carbocycles. The molecule has 0 amide bonds. The van der Waals surface area contributed by atoms with Crippen molar-refractivity contribution in [2.45, 2.75) is 0 Å². The van der Waals surface area contributed by atoms with Gasteiger partial charge in [-0.3, -0.25) is 4.21 Å². The van der Waals surface area contributed by atoms with E-state index in [4.69, 9.17) is 5.26 Å². The molecule has 1 rings (SSSR count). The van der Waals surface area contributed by atoms with Crippen molar-refractivity contribution >= 4 is 17.0 Å². The molecule has 4 nitrogen and oxygen atoms in total. The molecule has 0 bridgehead atoms. The lowest BCUT2D eigenvalue weighted by Crippen LogP contribution is -2.18. The summed E-state index contributed by atoms with van der Waals surface area (Å²) in [6, 6.07) is 8.14. The van der Waals surface area contributed by atoms with Gasteiger partial charge in [-0.2, -0.15) is 5.26 Å². The summed E-state index contributed by atoms with van der Waals surface area (Å²) in [5.74, 6) is 0. The van der Waals surface area contributed by atoms with Gasteiger partial charge < -0.3 is 4.55 Å². The molecule has 1 unspecified atom stereocenters. The number of nitriles is 1. The molecular formula is C7H5N2O2S-. The van der Waals surface area contributed by atoms with Crippen LogP contribution < -0.4 is 4.31 Å². The van der Waals surface area contributed by atoms with E-state index in [2.05, 4.69) is 0 Å². The first-order chi connectivity index (χ1) is 5.75. The van der Waals surface area contributed by atoms with E-state index in [0.29, 0.717) is 9.99 Å². The minimum absolute atomic E-state index is 0.341. The molecule has 0 aliphatic heterocycles. The van der Waals surface area contributed by atoms with Gasteiger partial charge in [-0.25, -0.2) is 4.31 Å². The zero-order chi connectivity index (χ0) is 8.97. The first-order valence-electron chi connectivity index (χ1n) is 3.10. The predicted molar refractivity (Wildman–Crippen MR) is 43.5 cm³/mol. The summed E-state index contributed by atoms with van der Waals surface area (Å²) in [6.07, 6.45) is 1.54. The molecule has 1 aromatic rings. The second-order valence-electron chi connectivity index (χ2n) is 1.95. The van der Waals surface area contributed by atoms with E-state index in [1.807, 2.05) is 0 Å². The highest BCUT2D eigenvalue weighted by molar-refractivity contribution is 7.80. The minimum Gasteiger partial charge on any atom is -0.754 e. The molecular weight excluding hydrogens is 176 g/mol. The summed E-state index contributed by atoms with van der Waals surface area (Å²) in [5.41, 5.74) is 0.341. The summed E-state index contributed by atoms with van der Waals surface area (Å²) < 4.78 is 21.5. The maximum atomic E-state index is 10.4. The Kier molecular flexibility index (Phi) is 2.80. The maximum Gasteiger partial charge on any atom is 0.196 e. The topological polar surface area (TPSA) is 67.2 Å². The van der Waals surface area contributed by atoms with Crippen molar-refractivity contribution in [3.05, 3.63) is 30.3 Å². The van der Waals surface area contributed by atoms with Crippen LogP contribution in [0.2, 0.25) is 0 Å². The lowest BCUT2D eigenvalue weighted by molar-refractivity contribution is 0.537. The van der Waals surface area contributed by atoms with Crippen molar-refractivity contribution in [1.82, 2.24) is 0 Å². The average molecular weight is 181 g/mol. The first kappa shape index (κ1) is 8.71. The Labute approximate surface area is 72.5 Å². The van der Waals surface area contributed by atoms with Crippen LogP contribution in [-0.4, -0.2) is 8.76 Å². The lowest BCUT2D eigenvalue weighted by atomic mass is 10.3. The van der Waals surface area contributed by atoms with Crippen LogP contribution in [0.25, 0.3) is 0 Å². The molecule has 0 aliphatic rings. The van der Waals surface area contributed by atoms with E-state index < -0.39 is 11.3 Å². The third-order valence-electron chi connectivity index (χ3n) is 1.23. The third-order valence-corrected chi connectivity index (χ3v) is 1.82. The molecule has 0 saturated heterocycles. The largest absolute Gasteiger partial charge is 0.754 e. The third kappa shape index (κ3) is 1.81. The molecule has 0 aliphatic carbocycles. The van der Waals surface area contributed by atoms with E-state index in [1.165, 1.54) is 6.19 Å². The van der Waals surface area contributed by atoms with Crippen LogP contribution in [-0.2, 0) is 11.3 Å². The quantitative estimate of drug-likeness (QED) is 0.384. The van der Waals surface area contributed by atoms with Crippen LogP contribution in [0, 0.1) is 11.5 Å². The van der Waals surface area contributed by atoms with Gasteiger partial charge in [0.2, 0.25) is 0 Å².